The molecular formula is C7H12OS. The summed E-state index contributed by atoms with van der Waals surface area (Å²) in [4.78, 5) is 0. The van der Waals surface area contributed by atoms with Crippen LogP contribution in [0.2, 0.25) is 0 Å². The first-order valence-electron chi connectivity index (χ1n) is 3.68. The fourth-order valence-corrected chi connectivity index (χ4v) is 3.06. The van der Waals surface area contributed by atoms with Crippen molar-refractivity contribution in [2.24, 2.45) is 0 Å². The van der Waals surface area contributed by atoms with E-state index in [1.807, 2.05) is 0 Å². The molecule has 2 aliphatic rings. The van der Waals surface area contributed by atoms with E-state index in [0.717, 1.165) is 23.7 Å². The molecule has 2 rings (SSSR count). The summed E-state index contributed by atoms with van der Waals surface area (Å²) < 4.78 is 5.42. The molecule has 0 aliphatic carbocycles. The molecular weight excluding hydrogens is 132 g/mol. The van der Waals surface area contributed by atoms with Gasteiger partial charge >= 0.3 is 0 Å². The number of fused-ring (bicyclic) bond motifs is 2. The monoisotopic (exact) mass is 144 g/mol. The number of ether oxygens (including phenoxy) is 1. The fraction of sp³-hybridized carbons (Fsp3) is 1.00. The first-order chi connectivity index (χ1) is 4.45. The second-order valence-corrected chi connectivity index (χ2v) is 4.45. The van der Waals surface area contributed by atoms with Gasteiger partial charge in [0.2, 0.25) is 0 Å². The Kier molecular flexibility index (Phi) is 1.68. The Hall–Kier alpha value is 0.310. The molecule has 0 aromatic rings. The predicted octanol–water partition coefficient (Wildman–Crippen LogP) is 1.67. The molecule has 0 radical (unpaired) electrons. The van der Waals surface area contributed by atoms with Crippen molar-refractivity contribution in [2.75, 3.05) is 13.2 Å². The van der Waals surface area contributed by atoms with Crippen LogP contribution < -0.4 is 0 Å². The molecule has 0 aromatic carbocycles. The van der Waals surface area contributed by atoms with Crippen LogP contribution in [0, 0.1) is 0 Å². The van der Waals surface area contributed by atoms with Crippen molar-refractivity contribution in [3.8, 4) is 0 Å². The number of hydrogen-bond acceptors (Lipinski definition) is 2. The Morgan fingerprint density at radius 2 is 1.78 bits per heavy atom. The summed E-state index contributed by atoms with van der Waals surface area (Å²) in [7, 11) is 0. The lowest BCUT2D eigenvalue weighted by molar-refractivity contribution is 0.113. The van der Waals surface area contributed by atoms with Gasteiger partial charge in [-0.05, 0) is 12.8 Å². The lowest BCUT2D eigenvalue weighted by Crippen LogP contribution is -2.31. The van der Waals surface area contributed by atoms with Gasteiger partial charge in [0, 0.05) is 10.5 Å². The normalized spacial score (nSPS) is 42.7. The van der Waals surface area contributed by atoms with Gasteiger partial charge in [-0.2, -0.15) is 11.8 Å². The van der Waals surface area contributed by atoms with E-state index < -0.39 is 0 Å². The Morgan fingerprint density at radius 3 is 2.33 bits per heavy atom. The summed E-state index contributed by atoms with van der Waals surface area (Å²) in [5.74, 6) is 0. The zero-order valence-corrected chi connectivity index (χ0v) is 6.32. The zero-order chi connectivity index (χ0) is 6.10. The molecule has 52 valence electrons. The average Bonchev–Trinajstić information content (AvgIpc) is 1.88. The van der Waals surface area contributed by atoms with E-state index in [9.17, 15) is 0 Å². The minimum Gasteiger partial charge on any atom is -0.379 e. The second kappa shape index (κ2) is 2.51. The molecule has 2 aliphatic heterocycles. The first kappa shape index (κ1) is 6.05. The molecule has 0 N–H and O–H groups in total. The Labute approximate surface area is 60.2 Å². The highest BCUT2D eigenvalue weighted by Gasteiger charge is 2.26. The van der Waals surface area contributed by atoms with Crippen LogP contribution in [0.3, 0.4) is 0 Å². The third-order valence-corrected chi connectivity index (χ3v) is 3.56. The first-order valence-corrected chi connectivity index (χ1v) is 4.62. The highest BCUT2D eigenvalue weighted by Crippen LogP contribution is 2.34. The molecule has 2 atom stereocenters. The van der Waals surface area contributed by atoms with Crippen LogP contribution in [0.4, 0.5) is 0 Å². The van der Waals surface area contributed by atoms with Crippen molar-refractivity contribution in [1.29, 1.82) is 0 Å². The Balaban J connectivity index is 1.96. The summed E-state index contributed by atoms with van der Waals surface area (Å²) in [5, 5.41) is 1.69. The molecule has 2 heterocycles. The smallest absolute Gasteiger partial charge is 0.0585 e. The van der Waals surface area contributed by atoms with E-state index in [4.69, 9.17) is 4.74 Å². The predicted molar refractivity (Wildman–Crippen MR) is 39.8 cm³/mol. The van der Waals surface area contributed by atoms with E-state index in [-0.39, 0.29) is 0 Å². The van der Waals surface area contributed by atoms with E-state index in [0.29, 0.717) is 0 Å². The summed E-state index contributed by atoms with van der Waals surface area (Å²) >= 11 is 2.15. The molecule has 2 heteroatoms. The third-order valence-electron chi connectivity index (χ3n) is 2.04. The van der Waals surface area contributed by atoms with Crippen molar-refractivity contribution in [3.05, 3.63) is 0 Å². The molecule has 0 amide bonds. The van der Waals surface area contributed by atoms with Crippen LogP contribution in [-0.4, -0.2) is 23.7 Å². The summed E-state index contributed by atoms with van der Waals surface area (Å²) in [6, 6.07) is 0. The van der Waals surface area contributed by atoms with Gasteiger partial charge in [-0.15, -0.1) is 0 Å². The van der Waals surface area contributed by atoms with E-state index in [2.05, 4.69) is 11.8 Å². The Morgan fingerprint density at radius 1 is 1.11 bits per heavy atom. The van der Waals surface area contributed by atoms with Crippen molar-refractivity contribution >= 4 is 11.8 Å². The molecule has 0 aromatic heterocycles. The maximum absolute atomic E-state index is 5.42. The van der Waals surface area contributed by atoms with Gasteiger partial charge in [-0.3, -0.25) is 0 Å². The minimum atomic E-state index is 0.845. The van der Waals surface area contributed by atoms with Crippen LogP contribution >= 0.6 is 11.8 Å². The molecule has 1 nitrogen and oxygen atoms in total. The van der Waals surface area contributed by atoms with Gasteiger partial charge in [-0.25, -0.2) is 0 Å². The van der Waals surface area contributed by atoms with Crippen LogP contribution in [0.5, 0.6) is 0 Å². The standard InChI is InChI=1S/C7H12OS/c1-2-6-4-8-5-7(3-1)9-6/h6-7H,1-5H2. The van der Waals surface area contributed by atoms with Gasteiger partial charge < -0.3 is 4.74 Å². The van der Waals surface area contributed by atoms with Crippen LogP contribution in [0.1, 0.15) is 19.3 Å². The Bertz CT molecular complexity index is 85.1. The molecule has 0 saturated carbocycles. The maximum Gasteiger partial charge on any atom is 0.0585 e. The molecule has 0 spiro atoms. The van der Waals surface area contributed by atoms with Crippen molar-refractivity contribution in [2.45, 2.75) is 29.8 Å². The van der Waals surface area contributed by atoms with Crippen molar-refractivity contribution in [3.63, 3.8) is 0 Å². The van der Waals surface area contributed by atoms with Crippen LogP contribution in [0.25, 0.3) is 0 Å². The summed E-state index contributed by atoms with van der Waals surface area (Å²) in [6.45, 7) is 2.03. The van der Waals surface area contributed by atoms with Crippen molar-refractivity contribution in [1.82, 2.24) is 0 Å². The number of thioether (sulfide) groups is 1. The average molecular weight is 144 g/mol. The molecule has 2 unspecified atom stereocenters. The summed E-state index contributed by atoms with van der Waals surface area (Å²) in [5.41, 5.74) is 0. The van der Waals surface area contributed by atoms with Gasteiger partial charge in [0.1, 0.15) is 0 Å². The molecule has 2 saturated heterocycles. The largest absolute Gasteiger partial charge is 0.379 e. The second-order valence-electron chi connectivity index (χ2n) is 2.85. The van der Waals surface area contributed by atoms with E-state index in [1.54, 1.807) is 0 Å². The van der Waals surface area contributed by atoms with Gasteiger partial charge in [0.15, 0.2) is 0 Å². The lowest BCUT2D eigenvalue weighted by atomic mass is 10.1. The molecule has 2 bridgehead atoms. The van der Waals surface area contributed by atoms with E-state index in [1.165, 1.54) is 19.3 Å². The van der Waals surface area contributed by atoms with E-state index >= 15 is 0 Å². The maximum atomic E-state index is 5.42. The quantitative estimate of drug-likeness (QED) is 0.511. The highest BCUT2D eigenvalue weighted by molar-refractivity contribution is 8.00. The van der Waals surface area contributed by atoms with Crippen LogP contribution in [0.15, 0.2) is 0 Å². The fourth-order valence-electron chi connectivity index (χ4n) is 1.56. The SMILES string of the molecule is C1CC2COCC(C1)S2. The van der Waals surface area contributed by atoms with Gasteiger partial charge in [-0.1, -0.05) is 6.42 Å². The lowest BCUT2D eigenvalue weighted by Gasteiger charge is -2.33. The van der Waals surface area contributed by atoms with Gasteiger partial charge in [0.25, 0.3) is 0 Å². The third kappa shape index (κ3) is 1.24. The van der Waals surface area contributed by atoms with Crippen LogP contribution in [-0.2, 0) is 4.74 Å². The van der Waals surface area contributed by atoms with Crippen molar-refractivity contribution < 1.29 is 4.74 Å². The zero-order valence-electron chi connectivity index (χ0n) is 5.51. The molecule has 9 heavy (non-hydrogen) atoms. The summed E-state index contributed by atoms with van der Waals surface area (Å²) in [6.07, 6.45) is 4.22. The van der Waals surface area contributed by atoms with Gasteiger partial charge in [0.05, 0.1) is 13.2 Å². The molecule has 2 fully saturated rings. The number of hydrogen-bond donors (Lipinski definition) is 0. The number of rotatable bonds is 0. The highest BCUT2D eigenvalue weighted by atomic mass is 32.2. The minimum absolute atomic E-state index is 0.845. The topological polar surface area (TPSA) is 9.23 Å².